The molecule has 0 saturated carbocycles. The molecule has 8 rings (SSSR count). The third-order valence-electron chi connectivity index (χ3n) is 9.78. The molecule has 0 aromatic carbocycles. The fourth-order valence-electron chi connectivity index (χ4n) is 6.31. The molecule has 32 heteroatoms. The summed E-state index contributed by atoms with van der Waals surface area (Å²) in [5.74, 6) is -5.13. The summed E-state index contributed by atoms with van der Waals surface area (Å²) >= 11 is 21.8. The van der Waals surface area contributed by atoms with Gasteiger partial charge in [-0.2, -0.15) is 0 Å². The number of ether oxygens (including phenoxy) is 8. The Bertz CT molecular complexity index is 2710. The third kappa shape index (κ3) is 13.4. The van der Waals surface area contributed by atoms with Crippen molar-refractivity contribution in [3.63, 3.8) is 0 Å². The van der Waals surface area contributed by atoms with Gasteiger partial charge in [-0.25, -0.2) is 38.4 Å². The summed E-state index contributed by atoms with van der Waals surface area (Å²) in [6, 6.07) is 0. The van der Waals surface area contributed by atoms with Gasteiger partial charge in [0.05, 0.1) is 108 Å². The van der Waals surface area contributed by atoms with Gasteiger partial charge < -0.3 is 37.9 Å². The number of thioether (sulfide) groups is 16. The van der Waals surface area contributed by atoms with Gasteiger partial charge in [-0.15, -0.1) is 0 Å². The summed E-state index contributed by atoms with van der Waals surface area (Å²) in [4.78, 5) is 104. The summed E-state index contributed by atoms with van der Waals surface area (Å²) in [6.07, 6.45) is 6.46. The number of esters is 8. The molecule has 0 unspecified atom stereocenters. The number of hydrogen-bond donors (Lipinski definition) is 0. The van der Waals surface area contributed by atoms with Gasteiger partial charge in [0.2, 0.25) is 0 Å². The second-order valence-corrected chi connectivity index (χ2v) is 33.8. The van der Waals surface area contributed by atoms with E-state index in [9.17, 15) is 38.4 Å². The lowest BCUT2D eigenvalue weighted by Crippen LogP contribution is -2.08. The molecule has 8 heterocycles. The largest absolute Gasteiger partial charge is 0.465 e. The zero-order valence-electron chi connectivity index (χ0n) is 40.0. The molecular formula is C44H34O16S16. The Kier molecular flexibility index (Phi) is 21.7. The van der Waals surface area contributed by atoms with Gasteiger partial charge in [0.25, 0.3) is 0 Å². The number of carbonyl (C=O) groups excluding carboxylic acids is 8. The molecule has 0 saturated heterocycles. The molecule has 0 atom stereocenters. The van der Waals surface area contributed by atoms with Crippen molar-refractivity contribution in [1.82, 2.24) is 0 Å². The summed E-state index contributed by atoms with van der Waals surface area (Å²) in [6.45, 7) is 0. The summed E-state index contributed by atoms with van der Waals surface area (Å²) in [5.41, 5.74) is 1.76. The van der Waals surface area contributed by atoms with Crippen LogP contribution in [-0.2, 0) is 76.3 Å². The molecule has 0 aromatic heterocycles. The van der Waals surface area contributed by atoms with Crippen LogP contribution < -0.4 is 0 Å². The van der Waals surface area contributed by atoms with Crippen molar-refractivity contribution in [3.8, 4) is 0 Å². The van der Waals surface area contributed by atoms with Crippen molar-refractivity contribution in [2.24, 2.45) is 0 Å². The first-order chi connectivity index (χ1) is 36.6. The molecule has 0 radical (unpaired) electrons. The molecule has 0 aliphatic carbocycles. The average Bonchev–Trinajstić information content (AvgIpc) is 4.29. The van der Waals surface area contributed by atoms with Crippen LogP contribution in [0.25, 0.3) is 0 Å². The molecule has 402 valence electrons. The van der Waals surface area contributed by atoms with Gasteiger partial charge in [0, 0.05) is 0 Å². The molecular weight excluding hydrogens is 1300 g/mol. The van der Waals surface area contributed by atoms with E-state index in [0.717, 1.165) is 101 Å². The van der Waals surface area contributed by atoms with E-state index in [4.69, 9.17) is 37.9 Å². The van der Waals surface area contributed by atoms with Gasteiger partial charge in [-0.3, -0.25) is 0 Å². The normalized spacial score (nSPS) is 19.1. The Morgan fingerprint density at radius 3 is 0.671 bits per heavy atom. The van der Waals surface area contributed by atoms with E-state index < -0.39 is 47.8 Å². The minimum absolute atomic E-state index is 0.128. The lowest BCUT2D eigenvalue weighted by atomic mass is 10.1. The van der Waals surface area contributed by atoms with E-state index >= 15 is 0 Å². The predicted octanol–water partition coefficient (Wildman–Crippen LogP) is 13.2. The maximum absolute atomic E-state index is 13.0. The van der Waals surface area contributed by atoms with E-state index in [1.807, 2.05) is 0 Å². The first-order valence-electron chi connectivity index (χ1n) is 20.9. The maximum Gasteiger partial charge on any atom is 0.346 e. The molecule has 8 aliphatic rings. The quantitative estimate of drug-likeness (QED) is 0.0847. The molecule has 0 N–H and O–H groups in total. The molecule has 0 amide bonds. The fraction of sp³-hybridized carbons (Fsp3) is 0.273. The molecule has 0 fully saturated rings. The van der Waals surface area contributed by atoms with Crippen LogP contribution in [0, 0.1) is 0 Å². The standard InChI is InChI=1S/C44H34O16S16/c1-53-27(45)19-20(28(46)54-2)66-35(65-19)15(13-17-61-37-38(62-17)74-43(73-37)41-69-23(31(49)57-5)24(70-41)32(50)58-6)11-9-10-12-16(36-67-21(29(47)55-3)22(68-36)30(48)56-4)14-18-63-39-40(64-18)76-44(75-39)42-71-25(33(51)59-7)26(72-42)34(52)60-8/h13-14H,9-12H2,1-8H3. The SMILES string of the molecule is COC(=O)C1=C(C(=O)OC)SC(=C(C=C2SC3=C(S2)SC(=C2SC(C(=O)OC)=C(C(=O)OC)S2)S3)CCCCC(C=C2SC3=C(S2)SC(=C2SC(C(=O)OC)=C(C(=O)OC)S2)S3)=C2SC(C(=O)OC)=C(C(=O)OC)S2)S1. The zero-order valence-corrected chi connectivity index (χ0v) is 53.1. The third-order valence-corrected chi connectivity index (χ3v) is 32.3. The lowest BCUT2D eigenvalue weighted by molar-refractivity contribution is -0.138. The van der Waals surface area contributed by atoms with E-state index in [0.29, 0.717) is 34.2 Å². The highest BCUT2D eigenvalue weighted by Crippen LogP contribution is 2.72. The van der Waals surface area contributed by atoms with Crippen molar-refractivity contribution in [2.75, 3.05) is 56.9 Å². The minimum Gasteiger partial charge on any atom is -0.465 e. The summed E-state index contributed by atoms with van der Waals surface area (Å²) < 4.78 is 50.8. The Hall–Kier alpha value is -1.76. The predicted molar refractivity (Wildman–Crippen MR) is 322 cm³/mol. The van der Waals surface area contributed by atoms with Crippen molar-refractivity contribution < 1.29 is 76.3 Å². The van der Waals surface area contributed by atoms with Crippen molar-refractivity contribution in [2.45, 2.75) is 25.7 Å². The monoisotopic (exact) mass is 1330 g/mol. The van der Waals surface area contributed by atoms with Gasteiger partial charge in [0.1, 0.15) is 39.2 Å². The van der Waals surface area contributed by atoms with E-state index in [1.165, 1.54) is 104 Å². The highest BCUT2D eigenvalue weighted by atomic mass is 32.3. The fourth-order valence-corrected chi connectivity index (χ4v) is 29.6. The number of rotatable bonds is 15. The Labute approximate surface area is 502 Å². The van der Waals surface area contributed by atoms with E-state index in [2.05, 4.69) is 12.2 Å². The van der Waals surface area contributed by atoms with E-state index in [1.54, 1.807) is 94.1 Å². The molecule has 8 aliphatic heterocycles. The highest BCUT2D eigenvalue weighted by Gasteiger charge is 2.42. The maximum atomic E-state index is 13.0. The van der Waals surface area contributed by atoms with Crippen molar-refractivity contribution >= 4 is 236 Å². The number of methoxy groups -OCH3 is 8. The first-order valence-corrected chi connectivity index (χ1v) is 34.0. The van der Waals surface area contributed by atoms with Gasteiger partial charge in [-0.1, -0.05) is 188 Å². The summed E-state index contributed by atoms with van der Waals surface area (Å²) in [7, 11) is 10.0. The van der Waals surface area contributed by atoms with Gasteiger partial charge >= 0.3 is 47.8 Å². The first kappa shape index (κ1) is 60.3. The lowest BCUT2D eigenvalue weighted by Gasteiger charge is -2.12. The van der Waals surface area contributed by atoms with Crippen LogP contribution in [0.1, 0.15) is 25.7 Å². The van der Waals surface area contributed by atoms with Crippen LogP contribution in [0.2, 0.25) is 0 Å². The Morgan fingerprint density at radius 2 is 0.461 bits per heavy atom. The average molecular weight is 1330 g/mol. The van der Waals surface area contributed by atoms with Gasteiger partial charge in [-0.05, 0) is 49.0 Å². The number of allylic oxidation sites excluding steroid dienone is 4. The molecule has 16 nitrogen and oxygen atoms in total. The molecule has 0 aromatic rings. The summed E-state index contributed by atoms with van der Waals surface area (Å²) in [5, 5.41) is 0. The second-order valence-electron chi connectivity index (χ2n) is 14.3. The highest BCUT2D eigenvalue weighted by molar-refractivity contribution is 8.50. The van der Waals surface area contributed by atoms with Crippen LogP contribution in [0.15, 0.2) is 113 Å². The molecule has 76 heavy (non-hydrogen) atoms. The zero-order chi connectivity index (χ0) is 54.5. The molecule has 0 spiro atoms. The van der Waals surface area contributed by atoms with Crippen LogP contribution in [0.3, 0.4) is 0 Å². The molecule has 0 bridgehead atoms. The minimum atomic E-state index is -0.662. The smallest absolute Gasteiger partial charge is 0.346 e. The number of carbonyl (C=O) groups is 8. The van der Waals surface area contributed by atoms with Crippen LogP contribution in [0.5, 0.6) is 0 Å². The van der Waals surface area contributed by atoms with E-state index in [-0.39, 0.29) is 39.2 Å². The van der Waals surface area contributed by atoms with Crippen molar-refractivity contribution in [3.05, 3.63) is 113 Å². The van der Waals surface area contributed by atoms with Crippen LogP contribution in [-0.4, -0.2) is 105 Å². The van der Waals surface area contributed by atoms with Gasteiger partial charge in [0.15, 0.2) is 0 Å². The Balaban J connectivity index is 1.02. The second kappa shape index (κ2) is 27.3. The number of hydrogen-bond acceptors (Lipinski definition) is 32. The van der Waals surface area contributed by atoms with Crippen LogP contribution in [0.4, 0.5) is 0 Å². The number of unbranched alkanes of at least 4 members (excludes halogenated alkanes) is 1. The van der Waals surface area contributed by atoms with Crippen molar-refractivity contribution in [1.29, 1.82) is 0 Å². The topological polar surface area (TPSA) is 210 Å². The van der Waals surface area contributed by atoms with Crippen LogP contribution >= 0.6 is 188 Å². The Morgan fingerprint density at radius 1 is 0.276 bits per heavy atom.